The van der Waals surface area contributed by atoms with Crippen LogP contribution in [0.25, 0.3) is 0 Å². The highest BCUT2D eigenvalue weighted by molar-refractivity contribution is 9.10. The summed E-state index contributed by atoms with van der Waals surface area (Å²) in [6, 6.07) is 1.91. The molecule has 1 atom stereocenters. The first kappa shape index (κ1) is 11.3. The van der Waals surface area contributed by atoms with Gasteiger partial charge in [0.1, 0.15) is 0 Å². The zero-order chi connectivity index (χ0) is 10.7. The molecule has 1 aromatic rings. The van der Waals surface area contributed by atoms with Crippen molar-refractivity contribution in [1.29, 1.82) is 0 Å². The molecule has 0 aliphatic carbocycles. The van der Waals surface area contributed by atoms with Gasteiger partial charge in [-0.3, -0.25) is 4.79 Å². The molecule has 1 aromatic heterocycles. The third kappa shape index (κ3) is 2.18. The highest BCUT2D eigenvalue weighted by Gasteiger charge is 2.19. The molecule has 0 fully saturated rings. The summed E-state index contributed by atoms with van der Waals surface area (Å²) in [5.74, 6) is -0.0139. The van der Waals surface area contributed by atoms with Gasteiger partial charge in [0.2, 0.25) is 0 Å². The molecule has 0 saturated heterocycles. The first-order valence-electron chi connectivity index (χ1n) is 4.58. The van der Waals surface area contributed by atoms with Crippen LogP contribution in [0.4, 0.5) is 0 Å². The van der Waals surface area contributed by atoms with Gasteiger partial charge >= 0.3 is 0 Å². The molecular formula is C10H14BrNO2. The summed E-state index contributed by atoms with van der Waals surface area (Å²) in [7, 11) is 1.80. The first-order valence-corrected chi connectivity index (χ1v) is 5.37. The van der Waals surface area contributed by atoms with Crippen molar-refractivity contribution in [2.24, 2.45) is 0 Å². The second-order valence-corrected chi connectivity index (χ2v) is 4.00. The molecule has 0 radical (unpaired) electrons. The van der Waals surface area contributed by atoms with Gasteiger partial charge < -0.3 is 9.32 Å². The lowest BCUT2D eigenvalue weighted by atomic mass is 10.2. The largest absolute Gasteiger partial charge is 0.457 e. The van der Waals surface area contributed by atoms with E-state index in [1.807, 2.05) is 6.92 Å². The van der Waals surface area contributed by atoms with E-state index in [-0.39, 0.29) is 11.9 Å². The number of nitrogens with zero attached hydrogens (tertiary/aromatic N) is 1. The van der Waals surface area contributed by atoms with Crippen molar-refractivity contribution in [2.45, 2.75) is 26.3 Å². The van der Waals surface area contributed by atoms with E-state index in [9.17, 15) is 4.79 Å². The van der Waals surface area contributed by atoms with Crippen molar-refractivity contribution in [3.63, 3.8) is 0 Å². The van der Waals surface area contributed by atoms with Gasteiger partial charge in [-0.15, -0.1) is 0 Å². The standard InChI is InChI=1S/C10H14BrNO2/c1-4-7(2)12(3)10(13)8-5-6-14-9(8)11/h5-7H,4H2,1-3H3. The molecule has 1 unspecified atom stereocenters. The minimum absolute atomic E-state index is 0.0139. The lowest BCUT2D eigenvalue weighted by Gasteiger charge is -2.23. The summed E-state index contributed by atoms with van der Waals surface area (Å²) in [5.41, 5.74) is 0.577. The zero-order valence-electron chi connectivity index (χ0n) is 8.58. The van der Waals surface area contributed by atoms with Crippen molar-refractivity contribution in [3.05, 3.63) is 22.6 Å². The van der Waals surface area contributed by atoms with E-state index in [2.05, 4.69) is 22.9 Å². The second-order valence-electron chi connectivity index (χ2n) is 3.28. The first-order chi connectivity index (χ1) is 6.57. The van der Waals surface area contributed by atoms with Gasteiger partial charge in [-0.25, -0.2) is 0 Å². The second kappa shape index (κ2) is 4.64. The molecule has 14 heavy (non-hydrogen) atoms. The Kier molecular flexibility index (Phi) is 3.75. The number of furan rings is 1. The van der Waals surface area contributed by atoms with E-state index in [1.54, 1.807) is 18.0 Å². The van der Waals surface area contributed by atoms with Gasteiger partial charge in [0, 0.05) is 13.1 Å². The molecule has 4 heteroatoms. The predicted molar refractivity (Wildman–Crippen MR) is 58.3 cm³/mol. The molecule has 0 saturated carbocycles. The minimum atomic E-state index is -0.0139. The van der Waals surface area contributed by atoms with Crippen LogP contribution in [-0.2, 0) is 0 Å². The van der Waals surface area contributed by atoms with Crippen LogP contribution >= 0.6 is 15.9 Å². The van der Waals surface area contributed by atoms with Crippen LogP contribution in [0.2, 0.25) is 0 Å². The Balaban J connectivity index is 2.81. The molecule has 1 rings (SSSR count). The molecule has 1 heterocycles. The molecule has 0 aliphatic heterocycles. The van der Waals surface area contributed by atoms with Gasteiger partial charge in [-0.2, -0.15) is 0 Å². The smallest absolute Gasteiger partial charge is 0.258 e. The van der Waals surface area contributed by atoms with Crippen LogP contribution in [0.15, 0.2) is 21.4 Å². The Morgan fingerprint density at radius 2 is 2.36 bits per heavy atom. The van der Waals surface area contributed by atoms with Crippen molar-refractivity contribution in [2.75, 3.05) is 7.05 Å². The van der Waals surface area contributed by atoms with Crippen LogP contribution in [-0.4, -0.2) is 23.9 Å². The fraction of sp³-hybridized carbons (Fsp3) is 0.500. The van der Waals surface area contributed by atoms with Crippen LogP contribution in [0.3, 0.4) is 0 Å². The maximum absolute atomic E-state index is 11.9. The summed E-state index contributed by atoms with van der Waals surface area (Å²) in [6.45, 7) is 4.07. The highest BCUT2D eigenvalue weighted by Crippen LogP contribution is 2.20. The number of amides is 1. The lowest BCUT2D eigenvalue weighted by Crippen LogP contribution is -2.34. The molecule has 0 aliphatic rings. The van der Waals surface area contributed by atoms with E-state index in [0.29, 0.717) is 10.2 Å². The minimum Gasteiger partial charge on any atom is -0.457 e. The Labute approximate surface area is 92.2 Å². The molecule has 0 N–H and O–H groups in total. The van der Waals surface area contributed by atoms with E-state index >= 15 is 0 Å². The van der Waals surface area contributed by atoms with Crippen LogP contribution in [0.1, 0.15) is 30.6 Å². The number of hydrogen-bond donors (Lipinski definition) is 0. The van der Waals surface area contributed by atoms with Crippen molar-refractivity contribution in [3.8, 4) is 0 Å². The molecule has 1 amide bonds. The van der Waals surface area contributed by atoms with Crippen LogP contribution in [0.5, 0.6) is 0 Å². The van der Waals surface area contributed by atoms with Crippen LogP contribution < -0.4 is 0 Å². The lowest BCUT2D eigenvalue weighted by molar-refractivity contribution is 0.0738. The van der Waals surface area contributed by atoms with Crippen molar-refractivity contribution < 1.29 is 9.21 Å². The SMILES string of the molecule is CCC(C)N(C)C(=O)c1ccoc1Br. The van der Waals surface area contributed by atoms with Crippen LogP contribution in [0, 0.1) is 0 Å². The summed E-state index contributed by atoms with van der Waals surface area (Å²) < 4.78 is 5.52. The Hall–Kier alpha value is -0.770. The third-order valence-electron chi connectivity index (χ3n) is 2.42. The highest BCUT2D eigenvalue weighted by atomic mass is 79.9. The molecule has 0 spiro atoms. The van der Waals surface area contributed by atoms with Gasteiger partial charge in [0.25, 0.3) is 5.91 Å². The van der Waals surface area contributed by atoms with E-state index < -0.39 is 0 Å². The van der Waals surface area contributed by atoms with E-state index in [4.69, 9.17) is 4.42 Å². The average molecular weight is 260 g/mol. The summed E-state index contributed by atoms with van der Waals surface area (Å²) in [6.07, 6.45) is 2.44. The topological polar surface area (TPSA) is 33.5 Å². The summed E-state index contributed by atoms with van der Waals surface area (Å²) in [5, 5.41) is 0. The van der Waals surface area contributed by atoms with Gasteiger partial charge in [0.15, 0.2) is 4.67 Å². The monoisotopic (exact) mass is 259 g/mol. The molecular weight excluding hydrogens is 246 g/mol. The Morgan fingerprint density at radius 3 is 2.79 bits per heavy atom. The fourth-order valence-electron chi connectivity index (χ4n) is 1.11. The number of halogens is 1. The average Bonchev–Trinajstić information content (AvgIpc) is 2.61. The molecule has 3 nitrogen and oxygen atoms in total. The normalized spacial score (nSPS) is 12.6. The number of hydrogen-bond acceptors (Lipinski definition) is 2. The maximum Gasteiger partial charge on any atom is 0.258 e. The number of carbonyl (C=O) groups is 1. The molecule has 78 valence electrons. The quantitative estimate of drug-likeness (QED) is 0.837. The number of carbonyl (C=O) groups excluding carboxylic acids is 1. The zero-order valence-corrected chi connectivity index (χ0v) is 10.2. The van der Waals surface area contributed by atoms with Gasteiger partial charge in [0.05, 0.1) is 11.8 Å². The van der Waals surface area contributed by atoms with Gasteiger partial charge in [-0.05, 0) is 35.3 Å². The Morgan fingerprint density at radius 1 is 1.71 bits per heavy atom. The summed E-state index contributed by atoms with van der Waals surface area (Å²) in [4.78, 5) is 13.6. The molecule has 0 aromatic carbocycles. The Bertz CT molecular complexity index is 322. The maximum atomic E-state index is 11.9. The third-order valence-corrected chi connectivity index (χ3v) is 3.03. The predicted octanol–water partition coefficient (Wildman–Crippen LogP) is 2.91. The summed E-state index contributed by atoms with van der Waals surface area (Å²) >= 11 is 3.19. The van der Waals surface area contributed by atoms with Crippen molar-refractivity contribution >= 4 is 21.8 Å². The molecule has 0 bridgehead atoms. The van der Waals surface area contributed by atoms with E-state index in [1.165, 1.54) is 6.26 Å². The van der Waals surface area contributed by atoms with E-state index in [0.717, 1.165) is 6.42 Å². The number of rotatable bonds is 3. The fourth-order valence-corrected chi connectivity index (χ4v) is 1.52. The van der Waals surface area contributed by atoms with Gasteiger partial charge in [-0.1, -0.05) is 6.92 Å². The van der Waals surface area contributed by atoms with Crippen molar-refractivity contribution in [1.82, 2.24) is 4.90 Å².